The van der Waals surface area contributed by atoms with Crippen molar-refractivity contribution in [3.05, 3.63) is 0 Å². The summed E-state index contributed by atoms with van der Waals surface area (Å²) in [6.07, 6.45) is 3.88. The van der Waals surface area contributed by atoms with Gasteiger partial charge in [-0.2, -0.15) is 0 Å². The van der Waals surface area contributed by atoms with Crippen LogP contribution in [0.25, 0.3) is 0 Å². The lowest BCUT2D eigenvalue weighted by atomic mass is 9.93. The molecule has 0 saturated carbocycles. The van der Waals surface area contributed by atoms with Crippen LogP contribution in [0.1, 0.15) is 59.8 Å². The van der Waals surface area contributed by atoms with Crippen LogP contribution in [0.4, 0.5) is 0 Å². The van der Waals surface area contributed by atoms with Crippen molar-refractivity contribution in [2.24, 2.45) is 16.5 Å². The largest absolute Gasteiger partial charge is 0.388 e. The lowest BCUT2D eigenvalue weighted by Crippen LogP contribution is -2.51. The summed E-state index contributed by atoms with van der Waals surface area (Å²) < 4.78 is 0.932. The minimum Gasteiger partial charge on any atom is -0.388 e. The van der Waals surface area contributed by atoms with Crippen LogP contribution in [0, 0.1) is 5.41 Å². The SMILES string of the molecule is CC[N+](C)(CC)CCNC(=O)C(C)(CCCCCC(=N)N)N=C(C)N.Cl. The molecule has 0 bridgehead atoms. The number of carbonyl (C=O) groups excluding carboxylic acids is 1. The molecule has 0 saturated heterocycles. The van der Waals surface area contributed by atoms with Gasteiger partial charge in [-0.15, -0.1) is 12.4 Å². The summed E-state index contributed by atoms with van der Waals surface area (Å²) in [5, 5.41) is 10.3. The highest BCUT2D eigenvalue weighted by atomic mass is 35.5. The molecule has 6 N–H and O–H groups in total. The standard InChI is InChI=1S/C18H38N6O.ClH/c1-6-24(5,7-2)14-13-22-17(25)18(4,23-15(3)19)12-10-8-9-11-16(20)21;/h6-14H2,1-5H3,(H5-,19,20,21,22,23,25);1H/p+1. The van der Waals surface area contributed by atoms with Gasteiger partial charge in [-0.1, -0.05) is 12.8 Å². The molecule has 0 spiro atoms. The molecule has 0 fully saturated rings. The van der Waals surface area contributed by atoms with Crippen molar-refractivity contribution >= 4 is 30.0 Å². The quantitative estimate of drug-likeness (QED) is 0.166. The smallest absolute Gasteiger partial charge is 0.247 e. The Kier molecular flexibility index (Phi) is 13.4. The lowest BCUT2D eigenvalue weighted by Gasteiger charge is -2.33. The van der Waals surface area contributed by atoms with Gasteiger partial charge in [-0.25, -0.2) is 0 Å². The van der Waals surface area contributed by atoms with Crippen LogP contribution in [0.15, 0.2) is 4.99 Å². The second kappa shape index (κ2) is 12.9. The van der Waals surface area contributed by atoms with Gasteiger partial charge in [0.15, 0.2) is 0 Å². The number of hydrogen-bond acceptors (Lipinski definition) is 3. The zero-order valence-electron chi connectivity index (χ0n) is 17.2. The number of amidine groups is 2. The van der Waals surface area contributed by atoms with E-state index in [-0.39, 0.29) is 24.1 Å². The minimum atomic E-state index is -0.836. The molecule has 154 valence electrons. The zero-order chi connectivity index (χ0) is 19.5. The van der Waals surface area contributed by atoms with E-state index in [9.17, 15) is 4.79 Å². The average molecular weight is 392 g/mol. The monoisotopic (exact) mass is 391 g/mol. The van der Waals surface area contributed by atoms with Crippen LogP contribution in [-0.2, 0) is 4.79 Å². The Balaban J connectivity index is 0. The second-order valence-electron chi connectivity index (χ2n) is 7.34. The number of unbranched alkanes of at least 4 members (excludes halogenated alkanes) is 2. The van der Waals surface area contributed by atoms with Gasteiger partial charge in [0, 0.05) is 6.42 Å². The van der Waals surface area contributed by atoms with Crippen molar-refractivity contribution < 1.29 is 9.28 Å². The number of nitrogens with two attached hydrogens (primary N) is 2. The van der Waals surface area contributed by atoms with E-state index in [1.807, 2.05) is 6.92 Å². The topological polar surface area (TPSA) is 117 Å². The van der Waals surface area contributed by atoms with Crippen molar-refractivity contribution in [2.75, 3.05) is 33.2 Å². The zero-order valence-corrected chi connectivity index (χ0v) is 18.0. The third kappa shape index (κ3) is 10.6. The van der Waals surface area contributed by atoms with Gasteiger partial charge >= 0.3 is 0 Å². The number of hydrogen-bond donors (Lipinski definition) is 4. The van der Waals surface area contributed by atoms with E-state index in [0.29, 0.717) is 25.2 Å². The molecule has 1 amide bonds. The molecule has 0 aromatic rings. The molecular formula is C18H40ClN6O+. The highest BCUT2D eigenvalue weighted by Gasteiger charge is 2.32. The number of aliphatic imine (C=N–C) groups is 1. The molecule has 8 heteroatoms. The molecule has 0 heterocycles. The van der Waals surface area contributed by atoms with Crippen LogP contribution in [-0.4, -0.2) is 60.8 Å². The van der Waals surface area contributed by atoms with Crippen molar-refractivity contribution in [3.8, 4) is 0 Å². The molecule has 1 atom stereocenters. The molecule has 1 unspecified atom stereocenters. The van der Waals surface area contributed by atoms with Gasteiger partial charge in [-0.05, 0) is 40.5 Å². The van der Waals surface area contributed by atoms with Gasteiger partial charge in [0.25, 0.3) is 0 Å². The fraction of sp³-hybridized carbons (Fsp3) is 0.833. The van der Waals surface area contributed by atoms with Crippen LogP contribution in [0.5, 0.6) is 0 Å². The van der Waals surface area contributed by atoms with Crippen molar-refractivity contribution in [1.82, 2.24) is 5.32 Å². The number of halogens is 1. The van der Waals surface area contributed by atoms with Gasteiger partial charge in [0.2, 0.25) is 5.91 Å². The third-order valence-corrected chi connectivity index (χ3v) is 4.99. The van der Waals surface area contributed by atoms with Gasteiger partial charge in [0.1, 0.15) is 5.54 Å². The Morgan fingerprint density at radius 2 is 1.77 bits per heavy atom. The van der Waals surface area contributed by atoms with Crippen LogP contribution < -0.4 is 16.8 Å². The van der Waals surface area contributed by atoms with Crippen LogP contribution in [0.3, 0.4) is 0 Å². The van der Waals surface area contributed by atoms with Gasteiger partial charge in [0.05, 0.1) is 44.9 Å². The van der Waals surface area contributed by atoms with Gasteiger partial charge < -0.3 is 21.3 Å². The maximum Gasteiger partial charge on any atom is 0.247 e. The van der Waals surface area contributed by atoms with Crippen molar-refractivity contribution in [1.29, 1.82) is 5.41 Å². The number of carbonyl (C=O) groups is 1. The molecule has 0 aliphatic heterocycles. The summed E-state index contributed by atoms with van der Waals surface area (Å²) in [5.41, 5.74) is 10.3. The third-order valence-electron chi connectivity index (χ3n) is 4.99. The molecule has 0 aromatic carbocycles. The summed E-state index contributed by atoms with van der Waals surface area (Å²) in [5.74, 6) is 0.566. The summed E-state index contributed by atoms with van der Waals surface area (Å²) >= 11 is 0. The molecule has 0 aliphatic rings. The predicted octanol–water partition coefficient (Wildman–Crippen LogP) is 2.03. The van der Waals surface area contributed by atoms with E-state index in [2.05, 4.69) is 31.2 Å². The molecular weight excluding hydrogens is 352 g/mol. The van der Waals surface area contributed by atoms with Gasteiger partial charge in [-0.3, -0.25) is 15.2 Å². The summed E-state index contributed by atoms with van der Waals surface area (Å²) in [4.78, 5) is 17.1. The molecule has 7 nitrogen and oxygen atoms in total. The molecule has 0 radical (unpaired) electrons. The Labute approximate surface area is 165 Å². The summed E-state index contributed by atoms with van der Waals surface area (Å²) in [6, 6.07) is 0. The fourth-order valence-corrected chi connectivity index (χ4v) is 2.74. The second-order valence-corrected chi connectivity index (χ2v) is 7.34. The summed E-state index contributed by atoms with van der Waals surface area (Å²) in [6.45, 7) is 11.5. The van der Waals surface area contributed by atoms with E-state index in [1.165, 1.54) is 0 Å². The lowest BCUT2D eigenvalue weighted by molar-refractivity contribution is -0.904. The Hall–Kier alpha value is -1.34. The van der Waals surface area contributed by atoms with Crippen molar-refractivity contribution in [2.45, 2.75) is 65.3 Å². The first-order valence-corrected chi connectivity index (χ1v) is 9.35. The highest BCUT2D eigenvalue weighted by Crippen LogP contribution is 2.20. The number of likely N-dealkylation sites (N-methyl/N-ethyl adjacent to an activating group) is 1. The molecule has 26 heavy (non-hydrogen) atoms. The van der Waals surface area contributed by atoms with Crippen LogP contribution in [0.2, 0.25) is 0 Å². The number of rotatable bonds is 13. The fourth-order valence-electron chi connectivity index (χ4n) is 2.74. The normalized spacial score (nSPS) is 14.3. The first kappa shape index (κ1) is 26.9. The predicted molar refractivity (Wildman–Crippen MR) is 113 cm³/mol. The average Bonchev–Trinajstić information content (AvgIpc) is 2.53. The minimum absolute atomic E-state index is 0. The van der Waals surface area contributed by atoms with E-state index in [0.717, 1.165) is 43.4 Å². The Bertz CT molecular complexity index is 461. The van der Waals surface area contributed by atoms with Crippen LogP contribution >= 0.6 is 12.4 Å². The summed E-state index contributed by atoms with van der Waals surface area (Å²) in [7, 11) is 2.20. The van der Waals surface area contributed by atoms with E-state index >= 15 is 0 Å². The van der Waals surface area contributed by atoms with E-state index < -0.39 is 5.54 Å². The first-order chi connectivity index (χ1) is 11.6. The molecule has 0 aromatic heterocycles. The number of quaternary nitrogens is 1. The highest BCUT2D eigenvalue weighted by molar-refractivity contribution is 5.89. The van der Waals surface area contributed by atoms with Crippen molar-refractivity contribution in [3.63, 3.8) is 0 Å². The maximum absolute atomic E-state index is 12.7. The molecule has 0 rings (SSSR count). The molecule has 0 aliphatic carbocycles. The number of nitrogens with one attached hydrogen (secondary N) is 2. The number of amides is 1. The van der Waals surface area contributed by atoms with E-state index in [1.54, 1.807) is 6.92 Å². The number of nitrogens with zero attached hydrogens (tertiary/aromatic N) is 2. The maximum atomic E-state index is 12.7. The Morgan fingerprint density at radius 1 is 1.19 bits per heavy atom. The van der Waals surface area contributed by atoms with E-state index in [4.69, 9.17) is 16.9 Å². The first-order valence-electron chi connectivity index (χ1n) is 9.35. The Morgan fingerprint density at radius 3 is 2.23 bits per heavy atom.